The first-order valence-corrected chi connectivity index (χ1v) is 7.35. The van der Waals surface area contributed by atoms with E-state index in [2.05, 4.69) is 10.3 Å². The molecule has 0 amide bonds. The van der Waals surface area contributed by atoms with Gasteiger partial charge < -0.3 is 15.2 Å². The maximum Gasteiger partial charge on any atom is 0.137 e. The van der Waals surface area contributed by atoms with Crippen molar-refractivity contribution >= 4 is 0 Å². The standard InChI is InChI=1S/C17H20N2O2/c20-17(13-4-2-1-3-5-13)12-21-16-9-8-15(19-11-16)10-18-14-6-7-14/h1-5,8-9,11,14,17-18,20H,6-7,10,12H2. The number of hydrogen-bond donors (Lipinski definition) is 2. The predicted octanol–water partition coefficient (Wildman–Crippen LogP) is 2.45. The van der Waals surface area contributed by atoms with E-state index in [9.17, 15) is 5.11 Å². The van der Waals surface area contributed by atoms with Gasteiger partial charge in [-0.25, -0.2) is 0 Å². The Morgan fingerprint density at radius 1 is 1.19 bits per heavy atom. The molecule has 0 bridgehead atoms. The number of pyridine rings is 1. The highest BCUT2D eigenvalue weighted by Gasteiger charge is 2.20. The van der Waals surface area contributed by atoms with E-state index in [0.717, 1.165) is 17.8 Å². The Morgan fingerprint density at radius 2 is 2.00 bits per heavy atom. The van der Waals surface area contributed by atoms with Crippen molar-refractivity contribution in [2.45, 2.75) is 31.5 Å². The van der Waals surface area contributed by atoms with Crippen LogP contribution in [0.15, 0.2) is 48.7 Å². The van der Waals surface area contributed by atoms with E-state index in [-0.39, 0.29) is 6.61 Å². The monoisotopic (exact) mass is 284 g/mol. The Morgan fingerprint density at radius 3 is 2.67 bits per heavy atom. The van der Waals surface area contributed by atoms with Crippen molar-refractivity contribution in [1.29, 1.82) is 0 Å². The lowest BCUT2D eigenvalue weighted by Gasteiger charge is -2.12. The normalized spacial score (nSPS) is 15.7. The minimum atomic E-state index is -0.623. The summed E-state index contributed by atoms with van der Waals surface area (Å²) in [7, 11) is 0. The molecule has 4 heteroatoms. The first kappa shape index (κ1) is 14.0. The molecule has 4 nitrogen and oxygen atoms in total. The quantitative estimate of drug-likeness (QED) is 0.820. The van der Waals surface area contributed by atoms with Crippen LogP contribution in [0.5, 0.6) is 5.75 Å². The molecular formula is C17H20N2O2. The second kappa shape index (κ2) is 6.70. The summed E-state index contributed by atoms with van der Waals surface area (Å²) in [5.74, 6) is 0.681. The van der Waals surface area contributed by atoms with E-state index in [4.69, 9.17) is 4.74 Å². The third-order valence-electron chi connectivity index (χ3n) is 3.54. The molecule has 1 atom stereocenters. The van der Waals surface area contributed by atoms with Crippen LogP contribution >= 0.6 is 0 Å². The maximum absolute atomic E-state index is 10.0. The van der Waals surface area contributed by atoms with E-state index < -0.39 is 6.10 Å². The molecule has 0 saturated heterocycles. The number of aliphatic hydroxyl groups excluding tert-OH is 1. The van der Waals surface area contributed by atoms with Gasteiger partial charge in [0.2, 0.25) is 0 Å². The average Bonchev–Trinajstić information content (AvgIpc) is 3.37. The van der Waals surface area contributed by atoms with Crippen LogP contribution in [-0.2, 0) is 6.54 Å². The van der Waals surface area contributed by atoms with Crippen molar-refractivity contribution < 1.29 is 9.84 Å². The van der Waals surface area contributed by atoms with Gasteiger partial charge in [0.25, 0.3) is 0 Å². The number of benzene rings is 1. The molecule has 2 N–H and O–H groups in total. The molecule has 110 valence electrons. The van der Waals surface area contributed by atoms with Crippen molar-refractivity contribution in [3.63, 3.8) is 0 Å². The van der Waals surface area contributed by atoms with Crippen molar-refractivity contribution in [2.24, 2.45) is 0 Å². The number of nitrogens with zero attached hydrogens (tertiary/aromatic N) is 1. The van der Waals surface area contributed by atoms with Gasteiger partial charge in [0.05, 0.1) is 11.9 Å². The molecule has 1 aliphatic rings. The molecule has 1 heterocycles. The zero-order chi connectivity index (χ0) is 14.5. The van der Waals surface area contributed by atoms with Crippen LogP contribution in [0.2, 0.25) is 0 Å². The highest BCUT2D eigenvalue weighted by atomic mass is 16.5. The van der Waals surface area contributed by atoms with E-state index in [1.54, 1.807) is 6.20 Å². The van der Waals surface area contributed by atoms with Crippen LogP contribution in [0.4, 0.5) is 0 Å². The molecule has 1 aromatic heterocycles. The zero-order valence-corrected chi connectivity index (χ0v) is 11.9. The number of ether oxygens (including phenoxy) is 1. The van der Waals surface area contributed by atoms with Gasteiger partial charge in [-0.15, -0.1) is 0 Å². The van der Waals surface area contributed by atoms with Gasteiger partial charge in [-0.1, -0.05) is 30.3 Å². The van der Waals surface area contributed by atoms with Crippen molar-refractivity contribution in [3.8, 4) is 5.75 Å². The molecule has 1 fully saturated rings. The molecular weight excluding hydrogens is 264 g/mol. The minimum absolute atomic E-state index is 0.228. The first-order chi connectivity index (χ1) is 10.3. The van der Waals surface area contributed by atoms with Gasteiger partial charge in [-0.3, -0.25) is 4.98 Å². The molecule has 1 unspecified atom stereocenters. The van der Waals surface area contributed by atoms with Gasteiger partial charge in [0, 0.05) is 12.6 Å². The fourth-order valence-corrected chi connectivity index (χ4v) is 2.08. The fraction of sp³-hybridized carbons (Fsp3) is 0.353. The molecule has 3 rings (SSSR count). The third-order valence-corrected chi connectivity index (χ3v) is 3.54. The van der Waals surface area contributed by atoms with E-state index in [1.165, 1.54) is 12.8 Å². The topological polar surface area (TPSA) is 54.4 Å². The van der Waals surface area contributed by atoms with Crippen molar-refractivity contribution in [1.82, 2.24) is 10.3 Å². The SMILES string of the molecule is OC(COc1ccc(CNC2CC2)nc1)c1ccccc1. The van der Waals surface area contributed by atoms with E-state index in [0.29, 0.717) is 11.8 Å². The molecule has 0 aliphatic heterocycles. The number of nitrogens with one attached hydrogen (secondary N) is 1. The van der Waals surface area contributed by atoms with Crippen LogP contribution in [0, 0.1) is 0 Å². The molecule has 0 radical (unpaired) electrons. The first-order valence-electron chi connectivity index (χ1n) is 7.35. The highest BCUT2D eigenvalue weighted by molar-refractivity contribution is 5.21. The van der Waals surface area contributed by atoms with Crippen LogP contribution < -0.4 is 10.1 Å². The highest BCUT2D eigenvalue weighted by Crippen LogP contribution is 2.19. The lowest BCUT2D eigenvalue weighted by Crippen LogP contribution is -2.16. The second-order valence-corrected chi connectivity index (χ2v) is 5.38. The van der Waals surface area contributed by atoms with Crippen LogP contribution in [0.25, 0.3) is 0 Å². The molecule has 1 aromatic carbocycles. The summed E-state index contributed by atoms with van der Waals surface area (Å²) >= 11 is 0. The van der Waals surface area contributed by atoms with Gasteiger partial charge in [0.15, 0.2) is 0 Å². The molecule has 2 aromatic rings. The summed E-state index contributed by atoms with van der Waals surface area (Å²) < 4.78 is 5.58. The third kappa shape index (κ3) is 4.28. The lowest BCUT2D eigenvalue weighted by atomic mass is 10.1. The molecule has 1 aliphatic carbocycles. The summed E-state index contributed by atoms with van der Waals surface area (Å²) in [4.78, 5) is 4.36. The summed E-state index contributed by atoms with van der Waals surface area (Å²) in [6.07, 6.45) is 3.64. The Labute approximate surface area is 124 Å². The smallest absolute Gasteiger partial charge is 0.137 e. The van der Waals surface area contributed by atoms with Gasteiger partial charge in [-0.2, -0.15) is 0 Å². The van der Waals surface area contributed by atoms with Crippen molar-refractivity contribution in [2.75, 3.05) is 6.61 Å². The van der Waals surface area contributed by atoms with Crippen molar-refractivity contribution in [3.05, 3.63) is 59.9 Å². The predicted molar refractivity (Wildman–Crippen MR) is 81.0 cm³/mol. The van der Waals surface area contributed by atoms with Crippen LogP contribution in [-0.4, -0.2) is 22.7 Å². The molecule has 1 saturated carbocycles. The maximum atomic E-state index is 10.0. The van der Waals surface area contributed by atoms with E-state index >= 15 is 0 Å². The molecule has 21 heavy (non-hydrogen) atoms. The Hall–Kier alpha value is -1.91. The summed E-state index contributed by atoms with van der Waals surface area (Å²) in [6, 6.07) is 14.1. The number of rotatable bonds is 7. The fourth-order valence-electron chi connectivity index (χ4n) is 2.08. The summed E-state index contributed by atoms with van der Waals surface area (Å²) in [5.41, 5.74) is 1.87. The lowest BCUT2D eigenvalue weighted by molar-refractivity contribution is 0.108. The Bertz CT molecular complexity index is 553. The van der Waals surface area contributed by atoms with Crippen LogP contribution in [0.3, 0.4) is 0 Å². The number of hydrogen-bond acceptors (Lipinski definition) is 4. The average molecular weight is 284 g/mol. The Kier molecular flexibility index (Phi) is 4.48. The van der Waals surface area contributed by atoms with Gasteiger partial charge in [-0.05, 0) is 30.5 Å². The number of aromatic nitrogens is 1. The number of aliphatic hydroxyl groups is 1. The minimum Gasteiger partial charge on any atom is -0.489 e. The molecule has 0 spiro atoms. The Balaban J connectivity index is 1.48. The second-order valence-electron chi connectivity index (χ2n) is 5.38. The zero-order valence-electron chi connectivity index (χ0n) is 11.9. The summed E-state index contributed by atoms with van der Waals surface area (Å²) in [5, 5.41) is 13.5. The van der Waals surface area contributed by atoms with Crippen LogP contribution in [0.1, 0.15) is 30.2 Å². The van der Waals surface area contributed by atoms with Gasteiger partial charge >= 0.3 is 0 Å². The van der Waals surface area contributed by atoms with Gasteiger partial charge in [0.1, 0.15) is 18.5 Å². The van der Waals surface area contributed by atoms with E-state index in [1.807, 2.05) is 42.5 Å². The summed E-state index contributed by atoms with van der Waals surface area (Å²) in [6.45, 7) is 1.03. The largest absolute Gasteiger partial charge is 0.489 e.